The van der Waals surface area contributed by atoms with Crippen LogP contribution in [0.25, 0.3) is 11.1 Å². The second kappa shape index (κ2) is 11.4. The van der Waals surface area contributed by atoms with Gasteiger partial charge in [0.05, 0.1) is 0 Å². The van der Waals surface area contributed by atoms with Gasteiger partial charge in [0.15, 0.2) is 21.5 Å². The van der Waals surface area contributed by atoms with E-state index in [1.54, 1.807) is 0 Å². The average Bonchev–Trinajstić information content (AvgIpc) is 2.95. The highest BCUT2D eigenvalue weighted by molar-refractivity contribution is 9.44. The van der Waals surface area contributed by atoms with E-state index in [0.717, 1.165) is 12.8 Å². The number of hydrogen-bond acceptors (Lipinski definition) is 0. The molecular weight excluding hydrogens is 519 g/mol. The fourth-order valence-electron chi connectivity index (χ4n) is 4.74. The van der Waals surface area contributed by atoms with Crippen molar-refractivity contribution >= 4 is 37.4 Å². The zero-order valence-electron chi connectivity index (χ0n) is 20.6. The zero-order chi connectivity index (χ0) is 24.8. The highest BCUT2D eigenvalue weighted by atomic mass is 79.9. The third-order valence-electron chi connectivity index (χ3n) is 6.70. The minimum absolute atomic E-state index is 0.931. The first-order chi connectivity index (χ1) is 17.7. The van der Waals surface area contributed by atoms with E-state index in [1.165, 1.54) is 50.2 Å². The molecule has 0 saturated heterocycles. The molecule has 0 aliphatic carbocycles. The van der Waals surface area contributed by atoms with Crippen LogP contribution in [0.3, 0.4) is 0 Å². The second-order valence-corrected chi connectivity index (χ2v) is 15.2. The van der Waals surface area contributed by atoms with Gasteiger partial charge in [-0.05, 0) is 77.1 Å². The quantitative estimate of drug-likeness (QED) is 0.170. The molecule has 0 aromatic heterocycles. The minimum atomic E-state index is -1.87. The molecule has 0 saturated carbocycles. The number of hydrogen-bond donors (Lipinski definition) is 0. The Hall–Kier alpha value is -2.99. The second-order valence-electron chi connectivity index (χ2n) is 9.25. The summed E-state index contributed by atoms with van der Waals surface area (Å²) < 4.78 is 0. The van der Waals surface area contributed by atoms with Gasteiger partial charge in [0, 0.05) is 0 Å². The van der Waals surface area contributed by atoms with Crippen molar-refractivity contribution in [1.82, 2.24) is 0 Å². The van der Waals surface area contributed by atoms with Crippen molar-refractivity contribution < 1.29 is 0 Å². The summed E-state index contributed by atoms with van der Waals surface area (Å²) in [5.74, 6) is -1.87. The molecule has 0 N–H and O–H groups in total. The Morgan fingerprint density at radius 1 is 0.472 bits per heavy atom. The van der Waals surface area contributed by atoms with Crippen LogP contribution in [-0.2, 0) is 12.8 Å². The monoisotopic (exact) mass is 549 g/mol. The lowest BCUT2D eigenvalue weighted by Crippen LogP contribution is -2.26. The van der Waals surface area contributed by atoms with Crippen LogP contribution in [0.2, 0.25) is 0 Å². The molecule has 0 nitrogen and oxygen atoms in total. The first-order valence-electron chi connectivity index (χ1n) is 12.6. The van der Waals surface area contributed by atoms with Crippen molar-refractivity contribution in [1.29, 1.82) is 0 Å². The maximum Gasteiger partial charge on any atom is 0.181 e. The Morgan fingerprint density at radius 3 is 1.31 bits per heavy atom. The molecular formula is C34H31BrP+. The summed E-state index contributed by atoms with van der Waals surface area (Å²) in [6.45, 7) is 2.23. The zero-order valence-corrected chi connectivity index (χ0v) is 23.1. The third-order valence-corrected chi connectivity index (χ3v) is 13.4. The van der Waals surface area contributed by atoms with Crippen LogP contribution < -0.4 is 15.9 Å². The van der Waals surface area contributed by atoms with Crippen LogP contribution in [-0.4, -0.2) is 0 Å². The molecule has 0 heterocycles. The maximum atomic E-state index is 4.26. The molecule has 0 amide bonds. The van der Waals surface area contributed by atoms with Crippen molar-refractivity contribution in [3.8, 4) is 11.1 Å². The van der Waals surface area contributed by atoms with Gasteiger partial charge in [-0.25, -0.2) is 0 Å². The molecule has 5 aromatic rings. The summed E-state index contributed by atoms with van der Waals surface area (Å²) in [5, 5.41) is 4.01. The lowest BCUT2D eigenvalue weighted by atomic mass is 9.99. The largest absolute Gasteiger partial charge is 0.181 e. The lowest BCUT2D eigenvalue weighted by molar-refractivity contribution is 0.922. The molecule has 178 valence electrons. The van der Waals surface area contributed by atoms with Crippen LogP contribution in [0.15, 0.2) is 133 Å². The Bertz CT molecular complexity index is 1340. The van der Waals surface area contributed by atoms with Gasteiger partial charge in [0.1, 0.15) is 15.9 Å². The van der Waals surface area contributed by atoms with Crippen molar-refractivity contribution in [3.63, 3.8) is 0 Å². The molecule has 5 aromatic carbocycles. The Labute approximate surface area is 224 Å². The highest BCUT2D eigenvalue weighted by Gasteiger charge is 2.43. The Balaban J connectivity index is 1.36. The molecule has 0 bridgehead atoms. The summed E-state index contributed by atoms with van der Waals surface area (Å²) in [7, 11) is 0. The van der Waals surface area contributed by atoms with Crippen molar-refractivity contribution in [2.45, 2.75) is 26.2 Å². The van der Waals surface area contributed by atoms with E-state index in [0.29, 0.717) is 0 Å². The number of halogens is 1. The molecule has 0 aliphatic rings. The van der Waals surface area contributed by atoms with Gasteiger partial charge in [0.2, 0.25) is 0 Å². The molecule has 0 atom stereocenters. The maximum absolute atomic E-state index is 4.26. The van der Waals surface area contributed by atoms with Crippen LogP contribution in [0, 0.1) is 0 Å². The molecule has 0 spiro atoms. The predicted octanol–water partition coefficient (Wildman–Crippen LogP) is 8.50. The van der Waals surface area contributed by atoms with E-state index in [9.17, 15) is 0 Å². The lowest BCUT2D eigenvalue weighted by Gasteiger charge is -2.20. The minimum Gasteiger partial charge on any atom is -0.0651 e. The van der Waals surface area contributed by atoms with Gasteiger partial charge in [0.25, 0.3) is 0 Å². The molecule has 0 radical (unpaired) electrons. The average molecular weight is 551 g/mol. The van der Waals surface area contributed by atoms with Gasteiger partial charge in [-0.3, -0.25) is 0 Å². The topological polar surface area (TPSA) is 0 Å². The highest BCUT2D eigenvalue weighted by Crippen LogP contribution is 2.62. The summed E-state index contributed by atoms with van der Waals surface area (Å²) in [4.78, 5) is 0. The van der Waals surface area contributed by atoms with Gasteiger partial charge < -0.3 is 0 Å². The third kappa shape index (κ3) is 5.39. The SMILES string of the molecule is CCCc1ccc(-c2ccc(Cc3ccc([P+](Br)(c4ccccc4)c4ccccc4)cc3)cc2)cc1. The van der Waals surface area contributed by atoms with Gasteiger partial charge >= 0.3 is 0 Å². The van der Waals surface area contributed by atoms with E-state index in [2.05, 4.69) is 156 Å². The van der Waals surface area contributed by atoms with E-state index in [1.807, 2.05) is 0 Å². The van der Waals surface area contributed by atoms with Gasteiger partial charge in [-0.1, -0.05) is 110 Å². The molecule has 2 heteroatoms. The van der Waals surface area contributed by atoms with E-state index >= 15 is 0 Å². The van der Waals surface area contributed by atoms with Gasteiger partial charge in [-0.15, -0.1) is 0 Å². The van der Waals surface area contributed by atoms with Crippen molar-refractivity contribution in [3.05, 3.63) is 150 Å². The first kappa shape index (κ1) is 24.7. The summed E-state index contributed by atoms with van der Waals surface area (Å²) in [5.41, 5.74) is 6.63. The fraction of sp³-hybridized carbons (Fsp3) is 0.118. The molecule has 0 fully saturated rings. The summed E-state index contributed by atoms with van der Waals surface area (Å²) in [6, 6.07) is 48.9. The Kier molecular flexibility index (Phi) is 7.81. The van der Waals surface area contributed by atoms with Gasteiger partial charge in [-0.2, -0.15) is 0 Å². The van der Waals surface area contributed by atoms with E-state index in [4.69, 9.17) is 0 Å². The standard InChI is InChI=1S/C34H31BrP/c1-2-9-27-14-20-30(21-15-27)31-22-16-28(17-23-31)26-29-18-24-34(25-19-29)36(35,32-10-5-3-6-11-32)33-12-7-4-8-13-33/h3-8,10-25H,2,9,26H2,1H3/q+1. The smallest absolute Gasteiger partial charge is 0.0651 e. The van der Waals surface area contributed by atoms with Crippen molar-refractivity contribution in [2.24, 2.45) is 0 Å². The van der Waals surface area contributed by atoms with Crippen LogP contribution >= 0.6 is 21.5 Å². The number of aryl methyl sites for hydroxylation is 1. The van der Waals surface area contributed by atoms with Crippen LogP contribution in [0.5, 0.6) is 0 Å². The predicted molar refractivity (Wildman–Crippen MR) is 163 cm³/mol. The molecule has 5 rings (SSSR count). The fourth-order valence-corrected chi connectivity index (χ4v) is 9.48. The van der Waals surface area contributed by atoms with Crippen molar-refractivity contribution in [2.75, 3.05) is 0 Å². The molecule has 36 heavy (non-hydrogen) atoms. The normalized spacial score (nSPS) is 11.4. The summed E-state index contributed by atoms with van der Waals surface area (Å²) in [6.07, 6.45) is 3.26. The molecule has 0 aliphatic heterocycles. The number of benzene rings is 5. The number of rotatable bonds is 8. The van der Waals surface area contributed by atoms with Crippen LogP contribution in [0.4, 0.5) is 0 Å². The molecule has 0 unspecified atom stereocenters. The van der Waals surface area contributed by atoms with E-state index in [-0.39, 0.29) is 0 Å². The van der Waals surface area contributed by atoms with Crippen LogP contribution in [0.1, 0.15) is 30.0 Å². The van der Waals surface area contributed by atoms with E-state index < -0.39 is 5.96 Å². The first-order valence-corrected chi connectivity index (χ1v) is 16.5. The summed E-state index contributed by atoms with van der Waals surface area (Å²) >= 11 is 4.26. The Morgan fingerprint density at radius 2 is 0.861 bits per heavy atom.